The second-order valence-corrected chi connectivity index (χ2v) is 5.33. The van der Waals surface area contributed by atoms with Crippen LogP contribution in [0.1, 0.15) is 26.5 Å². The summed E-state index contributed by atoms with van der Waals surface area (Å²) in [6.45, 7) is 6.46. The van der Waals surface area contributed by atoms with Gasteiger partial charge in [0.25, 0.3) is 0 Å². The third-order valence-electron chi connectivity index (χ3n) is 2.89. The molecule has 0 atom stereocenters. The summed E-state index contributed by atoms with van der Waals surface area (Å²) in [7, 11) is 0. The van der Waals surface area contributed by atoms with E-state index in [0.29, 0.717) is 0 Å². The van der Waals surface area contributed by atoms with Crippen LogP contribution >= 0.6 is 0 Å². The topological polar surface area (TPSA) is 48.0 Å². The third-order valence-corrected chi connectivity index (χ3v) is 2.89. The maximum absolute atomic E-state index is 4.60. The molecule has 0 aliphatic carbocycles. The Morgan fingerprint density at radius 1 is 1.11 bits per heavy atom. The summed E-state index contributed by atoms with van der Waals surface area (Å²) >= 11 is 0. The first-order chi connectivity index (χ1) is 8.55. The third kappa shape index (κ3) is 1.68. The van der Waals surface area contributed by atoms with Crippen molar-refractivity contribution in [1.82, 2.24) is 24.1 Å². The molecular formula is C13H15N5. The minimum atomic E-state index is 0.0260. The molecule has 0 aliphatic rings. The molecule has 3 aromatic rings. The van der Waals surface area contributed by atoms with Gasteiger partial charge in [-0.1, -0.05) is 20.8 Å². The zero-order valence-electron chi connectivity index (χ0n) is 10.7. The molecule has 0 saturated carbocycles. The van der Waals surface area contributed by atoms with Crippen molar-refractivity contribution in [2.45, 2.75) is 26.2 Å². The Morgan fingerprint density at radius 3 is 2.61 bits per heavy atom. The van der Waals surface area contributed by atoms with E-state index in [1.54, 1.807) is 18.7 Å². The highest BCUT2D eigenvalue weighted by molar-refractivity contribution is 5.61. The summed E-state index contributed by atoms with van der Waals surface area (Å²) in [5.41, 5.74) is 2.07. The van der Waals surface area contributed by atoms with Crippen LogP contribution in [0.2, 0.25) is 0 Å². The molecule has 0 spiro atoms. The van der Waals surface area contributed by atoms with E-state index in [1.165, 1.54) is 0 Å². The predicted octanol–water partition coefficient (Wildman–Crippen LogP) is 2.21. The van der Waals surface area contributed by atoms with Gasteiger partial charge >= 0.3 is 0 Å². The van der Waals surface area contributed by atoms with Crippen LogP contribution in [0, 0.1) is 0 Å². The minimum absolute atomic E-state index is 0.0260. The van der Waals surface area contributed by atoms with Crippen molar-refractivity contribution in [3.8, 4) is 5.82 Å². The molecule has 3 rings (SSSR count). The van der Waals surface area contributed by atoms with E-state index >= 15 is 0 Å². The number of rotatable bonds is 1. The number of aromatic nitrogens is 5. The van der Waals surface area contributed by atoms with Gasteiger partial charge in [0.15, 0.2) is 5.82 Å². The lowest BCUT2D eigenvalue weighted by Gasteiger charge is -2.13. The van der Waals surface area contributed by atoms with Gasteiger partial charge in [-0.3, -0.25) is 4.57 Å². The first kappa shape index (κ1) is 11.0. The average Bonchev–Trinajstić information content (AvgIpc) is 2.96. The van der Waals surface area contributed by atoms with Crippen molar-refractivity contribution in [1.29, 1.82) is 0 Å². The van der Waals surface area contributed by atoms with Gasteiger partial charge in [-0.2, -0.15) is 5.10 Å². The Labute approximate surface area is 105 Å². The molecule has 0 fully saturated rings. The van der Waals surface area contributed by atoms with Crippen molar-refractivity contribution in [3.05, 3.63) is 42.9 Å². The quantitative estimate of drug-likeness (QED) is 0.656. The molecule has 3 aromatic heterocycles. The van der Waals surface area contributed by atoms with Crippen LogP contribution in [0.4, 0.5) is 0 Å². The van der Waals surface area contributed by atoms with Crippen molar-refractivity contribution < 1.29 is 0 Å². The molecule has 0 aliphatic heterocycles. The van der Waals surface area contributed by atoms with E-state index in [1.807, 2.05) is 21.5 Å². The molecule has 5 nitrogen and oxygen atoms in total. The molecule has 3 heterocycles. The largest absolute Gasteiger partial charge is 0.289 e. The van der Waals surface area contributed by atoms with Crippen LogP contribution in [0.5, 0.6) is 0 Å². The zero-order chi connectivity index (χ0) is 12.8. The fourth-order valence-electron chi connectivity index (χ4n) is 1.86. The van der Waals surface area contributed by atoms with Crippen LogP contribution in [0.15, 0.2) is 37.2 Å². The van der Waals surface area contributed by atoms with Crippen molar-refractivity contribution in [3.63, 3.8) is 0 Å². The van der Waals surface area contributed by atoms with Gasteiger partial charge < -0.3 is 0 Å². The normalized spacial score (nSPS) is 12.2. The van der Waals surface area contributed by atoms with Gasteiger partial charge in [0.1, 0.15) is 11.8 Å². The highest BCUT2D eigenvalue weighted by atomic mass is 15.3. The number of imidazole rings is 1. The first-order valence-electron chi connectivity index (χ1n) is 5.89. The smallest absolute Gasteiger partial charge is 0.164 e. The van der Waals surface area contributed by atoms with Gasteiger partial charge in [0.2, 0.25) is 0 Å². The van der Waals surface area contributed by atoms with Gasteiger partial charge in [-0.05, 0) is 6.07 Å². The van der Waals surface area contributed by atoms with Crippen LogP contribution in [0.3, 0.4) is 0 Å². The van der Waals surface area contributed by atoms with Gasteiger partial charge in [0, 0.05) is 30.2 Å². The summed E-state index contributed by atoms with van der Waals surface area (Å²) in [4.78, 5) is 8.46. The second kappa shape index (κ2) is 3.66. The molecule has 92 valence electrons. The Bertz CT molecular complexity index is 673. The first-order valence-corrected chi connectivity index (χ1v) is 5.89. The molecule has 5 heteroatoms. The minimum Gasteiger partial charge on any atom is -0.289 e. The molecule has 18 heavy (non-hydrogen) atoms. The predicted molar refractivity (Wildman–Crippen MR) is 68.8 cm³/mol. The highest BCUT2D eigenvalue weighted by Crippen LogP contribution is 2.23. The van der Waals surface area contributed by atoms with E-state index in [9.17, 15) is 0 Å². The lowest BCUT2D eigenvalue weighted by Crippen LogP contribution is -2.11. The van der Waals surface area contributed by atoms with Gasteiger partial charge in [-0.15, -0.1) is 0 Å². The lowest BCUT2D eigenvalue weighted by molar-refractivity contribution is 0.562. The molecule has 0 aromatic carbocycles. The molecular weight excluding hydrogens is 226 g/mol. The SMILES string of the molecule is CC(C)(C)c1cc2c(-n3ccnc3)nccn2n1. The summed E-state index contributed by atoms with van der Waals surface area (Å²) in [5, 5.41) is 4.60. The van der Waals surface area contributed by atoms with Crippen LogP contribution in [-0.2, 0) is 5.41 Å². The Kier molecular flexibility index (Phi) is 2.23. The Balaban J connectivity index is 2.25. The average molecular weight is 241 g/mol. The number of nitrogens with zero attached hydrogens (tertiary/aromatic N) is 5. The maximum atomic E-state index is 4.60. The Hall–Kier alpha value is -2.17. The highest BCUT2D eigenvalue weighted by Gasteiger charge is 2.19. The maximum Gasteiger partial charge on any atom is 0.164 e. The van der Waals surface area contributed by atoms with E-state index in [0.717, 1.165) is 17.0 Å². The van der Waals surface area contributed by atoms with Crippen LogP contribution < -0.4 is 0 Å². The summed E-state index contributed by atoms with van der Waals surface area (Å²) in [5.74, 6) is 0.845. The van der Waals surface area contributed by atoms with Gasteiger partial charge in [-0.25, -0.2) is 14.5 Å². The molecule has 0 saturated heterocycles. The molecule has 0 N–H and O–H groups in total. The summed E-state index contributed by atoms with van der Waals surface area (Å²) in [6, 6.07) is 2.09. The van der Waals surface area contributed by atoms with E-state index < -0.39 is 0 Å². The van der Waals surface area contributed by atoms with Crippen molar-refractivity contribution in [2.75, 3.05) is 0 Å². The van der Waals surface area contributed by atoms with E-state index in [-0.39, 0.29) is 5.41 Å². The number of hydrogen-bond acceptors (Lipinski definition) is 3. The van der Waals surface area contributed by atoms with E-state index in [2.05, 4.69) is 41.9 Å². The summed E-state index contributed by atoms with van der Waals surface area (Å²) in [6.07, 6.45) is 8.98. The number of hydrogen-bond donors (Lipinski definition) is 0. The van der Waals surface area contributed by atoms with E-state index in [4.69, 9.17) is 0 Å². The molecule has 0 radical (unpaired) electrons. The Morgan fingerprint density at radius 2 is 1.94 bits per heavy atom. The fraction of sp³-hybridized carbons (Fsp3) is 0.308. The van der Waals surface area contributed by atoms with Gasteiger partial charge in [0.05, 0.1) is 5.69 Å². The van der Waals surface area contributed by atoms with Crippen LogP contribution in [-0.4, -0.2) is 24.1 Å². The van der Waals surface area contributed by atoms with Crippen LogP contribution in [0.25, 0.3) is 11.3 Å². The fourth-order valence-corrected chi connectivity index (χ4v) is 1.86. The molecule has 0 bridgehead atoms. The summed E-state index contributed by atoms with van der Waals surface area (Å²) < 4.78 is 3.76. The van der Waals surface area contributed by atoms with Crippen molar-refractivity contribution in [2.24, 2.45) is 0 Å². The molecule has 0 unspecified atom stereocenters. The standard InChI is InChI=1S/C13H15N5/c1-13(2,3)11-8-10-12(17-6-4-14-9-17)15-5-7-18(10)16-11/h4-9H,1-3H3. The van der Waals surface area contributed by atoms with Crippen molar-refractivity contribution >= 4 is 5.52 Å². The monoisotopic (exact) mass is 241 g/mol. The zero-order valence-corrected chi connectivity index (χ0v) is 10.7. The lowest BCUT2D eigenvalue weighted by atomic mass is 9.92. The molecule has 0 amide bonds. The second-order valence-electron chi connectivity index (χ2n) is 5.33. The number of fused-ring (bicyclic) bond motifs is 1.